The van der Waals surface area contributed by atoms with Crippen LogP contribution in [0, 0.1) is 63.0 Å². The smallest absolute Gasteiger partial charge is 0.310 e. The fraction of sp³-hybridized carbons (Fsp3) is 0.391. The zero-order chi connectivity index (χ0) is 57.1. The number of carboxylic acids is 1. The van der Waals surface area contributed by atoms with Crippen molar-refractivity contribution in [3.63, 3.8) is 0 Å². The minimum atomic E-state index is -1.05. The van der Waals surface area contributed by atoms with Crippen molar-refractivity contribution in [3.05, 3.63) is 188 Å². The Morgan fingerprint density at radius 1 is 0.532 bits per heavy atom. The third-order valence-electron chi connectivity index (χ3n) is 16.7. The lowest BCUT2D eigenvalue weighted by atomic mass is 9.69. The molecular formula is C69H76F2O8. The Morgan fingerprint density at radius 3 is 1.20 bits per heavy atom. The molecule has 0 spiro atoms. The maximum absolute atomic E-state index is 14.8. The molecule has 0 aromatic heterocycles. The SMILES string of the molecule is CCC(CC)(c1ccc(C#CC2(O)CCOCC2)c(C)c1)c1ccc(-c2ccc(CC(=O)O)c(F)c2)c(C)c1.CCC(CC)(c1ccc(C#CC2(O)CCOCC2)c(C)c1)c1ccc(-c2ccc(CC(=O)OC)c(F)c2)c(C)c1. The summed E-state index contributed by atoms with van der Waals surface area (Å²) in [6, 6.07) is 35.5. The monoisotopic (exact) mass is 1070 g/mol. The Hall–Kier alpha value is -6.92. The molecule has 0 amide bonds. The molecule has 3 N–H and O–H groups in total. The summed E-state index contributed by atoms with van der Waals surface area (Å²) in [4.78, 5) is 22.6. The third-order valence-corrected chi connectivity index (χ3v) is 16.7. The van der Waals surface area contributed by atoms with Gasteiger partial charge in [0.2, 0.25) is 0 Å². The highest BCUT2D eigenvalue weighted by molar-refractivity contribution is 5.75. The molecule has 2 aliphatic heterocycles. The van der Waals surface area contributed by atoms with Crippen LogP contribution in [0.1, 0.15) is 146 Å². The molecule has 0 unspecified atom stereocenters. The Kier molecular flexibility index (Phi) is 19.6. The maximum atomic E-state index is 14.8. The van der Waals surface area contributed by atoms with Crippen molar-refractivity contribution in [1.82, 2.24) is 0 Å². The number of aryl methyl sites for hydroxylation is 4. The molecule has 6 aromatic rings. The van der Waals surface area contributed by atoms with E-state index < -0.39 is 34.8 Å². The number of carbonyl (C=O) groups excluding carboxylic acids is 1. The number of benzene rings is 6. The Balaban J connectivity index is 0.000000229. The fourth-order valence-electron chi connectivity index (χ4n) is 11.4. The number of halogens is 2. The van der Waals surface area contributed by atoms with Gasteiger partial charge in [-0.05, 0) is 156 Å². The average molecular weight is 1070 g/mol. The number of hydrogen-bond acceptors (Lipinski definition) is 7. The molecule has 79 heavy (non-hydrogen) atoms. The summed E-state index contributed by atoms with van der Waals surface area (Å²) in [6.07, 6.45) is 5.36. The lowest BCUT2D eigenvalue weighted by Gasteiger charge is -2.34. The number of aliphatic carboxylic acids is 1. The summed E-state index contributed by atoms with van der Waals surface area (Å²) >= 11 is 0. The molecule has 0 radical (unpaired) electrons. The zero-order valence-corrected chi connectivity index (χ0v) is 47.4. The molecule has 8 rings (SSSR count). The van der Waals surface area contributed by atoms with Gasteiger partial charge in [-0.25, -0.2) is 8.78 Å². The number of rotatable bonds is 14. The van der Waals surface area contributed by atoms with E-state index in [1.54, 1.807) is 18.2 Å². The van der Waals surface area contributed by atoms with Crippen molar-refractivity contribution in [2.45, 2.75) is 142 Å². The molecule has 2 saturated heterocycles. The molecule has 2 heterocycles. The predicted octanol–water partition coefficient (Wildman–Crippen LogP) is 13.6. The zero-order valence-electron chi connectivity index (χ0n) is 47.4. The first-order valence-corrected chi connectivity index (χ1v) is 27.7. The highest BCUT2D eigenvalue weighted by Gasteiger charge is 2.34. The van der Waals surface area contributed by atoms with Crippen LogP contribution in [0.3, 0.4) is 0 Å². The first kappa shape index (κ1) is 59.7. The Bertz CT molecular complexity index is 3290. The van der Waals surface area contributed by atoms with E-state index in [0.717, 1.165) is 81.3 Å². The van der Waals surface area contributed by atoms with Gasteiger partial charge in [-0.3, -0.25) is 9.59 Å². The Morgan fingerprint density at radius 2 is 0.886 bits per heavy atom. The van der Waals surface area contributed by atoms with Gasteiger partial charge in [-0.15, -0.1) is 0 Å². The van der Waals surface area contributed by atoms with E-state index in [1.807, 2.05) is 19.1 Å². The first-order valence-electron chi connectivity index (χ1n) is 27.7. The number of aliphatic hydroxyl groups is 2. The number of ether oxygens (including phenoxy) is 3. The molecular weight excluding hydrogens is 995 g/mol. The summed E-state index contributed by atoms with van der Waals surface area (Å²) in [6.45, 7) is 19.2. The van der Waals surface area contributed by atoms with E-state index in [9.17, 15) is 28.6 Å². The molecule has 414 valence electrons. The number of methoxy groups -OCH3 is 1. The van der Waals surface area contributed by atoms with Gasteiger partial charge in [0.25, 0.3) is 0 Å². The molecule has 0 bridgehead atoms. The van der Waals surface area contributed by atoms with Crippen LogP contribution in [0.25, 0.3) is 22.3 Å². The molecule has 10 heteroatoms. The first-order chi connectivity index (χ1) is 37.7. The number of esters is 1. The van der Waals surface area contributed by atoms with Gasteiger partial charge < -0.3 is 29.5 Å². The van der Waals surface area contributed by atoms with Crippen molar-refractivity contribution < 1.29 is 47.9 Å². The average Bonchev–Trinajstić information content (AvgIpc) is 3.55. The summed E-state index contributed by atoms with van der Waals surface area (Å²) in [5.41, 5.74) is 12.5. The predicted molar refractivity (Wildman–Crippen MR) is 309 cm³/mol. The number of hydrogen-bond donors (Lipinski definition) is 3. The van der Waals surface area contributed by atoms with Crippen LogP contribution in [-0.4, -0.2) is 72.0 Å². The second-order valence-electron chi connectivity index (χ2n) is 21.4. The molecule has 6 aromatic carbocycles. The van der Waals surface area contributed by atoms with Gasteiger partial charge in [-0.2, -0.15) is 0 Å². The van der Waals surface area contributed by atoms with E-state index in [2.05, 4.69) is 144 Å². The van der Waals surface area contributed by atoms with Crippen molar-refractivity contribution >= 4 is 11.9 Å². The number of carbonyl (C=O) groups is 2. The highest BCUT2D eigenvalue weighted by Crippen LogP contribution is 2.43. The van der Waals surface area contributed by atoms with Gasteiger partial charge >= 0.3 is 11.9 Å². The van der Waals surface area contributed by atoms with Crippen LogP contribution in [0.4, 0.5) is 8.78 Å². The Labute approximate surface area is 466 Å². The van der Waals surface area contributed by atoms with Crippen LogP contribution < -0.4 is 0 Å². The second kappa shape index (κ2) is 25.9. The quantitative estimate of drug-likeness (QED) is 0.0728. The van der Waals surface area contributed by atoms with Crippen LogP contribution in [0.15, 0.2) is 109 Å². The lowest BCUT2D eigenvalue weighted by molar-refractivity contribution is -0.140. The van der Waals surface area contributed by atoms with E-state index in [-0.39, 0.29) is 29.2 Å². The van der Waals surface area contributed by atoms with Gasteiger partial charge in [0.05, 0.1) is 46.4 Å². The fourth-order valence-corrected chi connectivity index (χ4v) is 11.4. The topological polar surface area (TPSA) is 123 Å². The van der Waals surface area contributed by atoms with E-state index in [0.29, 0.717) is 57.7 Å². The van der Waals surface area contributed by atoms with Gasteiger partial charge in [0.1, 0.15) is 22.8 Å². The highest BCUT2D eigenvalue weighted by atomic mass is 19.1. The summed E-state index contributed by atoms with van der Waals surface area (Å²) in [5.74, 6) is 10.2. The minimum Gasteiger partial charge on any atom is -0.481 e. The summed E-state index contributed by atoms with van der Waals surface area (Å²) in [7, 11) is 1.30. The molecule has 0 atom stereocenters. The van der Waals surface area contributed by atoms with Gasteiger partial charge in [0, 0.05) is 47.6 Å². The van der Waals surface area contributed by atoms with Crippen LogP contribution in [0.5, 0.6) is 0 Å². The van der Waals surface area contributed by atoms with E-state index in [4.69, 9.17) is 14.6 Å². The van der Waals surface area contributed by atoms with Crippen LogP contribution >= 0.6 is 0 Å². The van der Waals surface area contributed by atoms with Crippen LogP contribution in [-0.2, 0) is 47.5 Å². The molecule has 0 saturated carbocycles. The molecule has 2 fully saturated rings. The van der Waals surface area contributed by atoms with Crippen molar-refractivity contribution in [2.75, 3.05) is 33.5 Å². The van der Waals surface area contributed by atoms with E-state index >= 15 is 0 Å². The molecule has 2 aliphatic rings. The largest absolute Gasteiger partial charge is 0.481 e. The lowest BCUT2D eigenvalue weighted by Crippen LogP contribution is -2.34. The molecule has 8 nitrogen and oxygen atoms in total. The standard InChI is InChI=1S/C35H39FO4.C34H37FO4/c1-6-35(7-2,29-11-10-26(24(3)20-29)14-15-34(38)16-18-40-19-17-34)30-12-13-31(25(4)21-30)27-8-9-28(32(36)22-27)23-33(37)39-5;1-5-34(6-2,28-10-9-25(23(3)19-28)13-14-33(38)15-17-39-18-16-33)29-11-12-30(24(4)20-29)26-7-8-27(22-32(36)37)31(35)21-26/h8-13,20-22,38H,6-7,16-19,23H2,1-5H3;7-12,19-21,38H,5-6,15-18,22H2,1-4H3,(H,36,37). The van der Waals surface area contributed by atoms with E-state index in [1.165, 1.54) is 41.5 Å². The van der Waals surface area contributed by atoms with Crippen molar-refractivity contribution in [2.24, 2.45) is 0 Å². The second-order valence-corrected chi connectivity index (χ2v) is 21.4. The maximum Gasteiger partial charge on any atom is 0.310 e. The summed E-state index contributed by atoms with van der Waals surface area (Å²) in [5, 5.41) is 30.5. The number of carboxylic acid groups (broad SMARTS) is 1. The molecule has 0 aliphatic carbocycles. The van der Waals surface area contributed by atoms with Crippen molar-refractivity contribution in [3.8, 4) is 45.9 Å². The van der Waals surface area contributed by atoms with Gasteiger partial charge in [-0.1, -0.05) is 136 Å². The normalized spacial score (nSPS) is 14.8. The van der Waals surface area contributed by atoms with Crippen LogP contribution in [0.2, 0.25) is 0 Å². The van der Waals surface area contributed by atoms with Crippen molar-refractivity contribution in [1.29, 1.82) is 0 Å². The van der Waals surface area contributed by atoms with Gasteiger partial charge in [0.15, 0.2) is 0 Å². The minimum absolute atomic E-state index is 0.0876. The summed E-state index contributed by atoms with van der Waals surface area (Å²) < 4.78 is 44.8. The third kappa shape index (κ3) is 13.7.